The first-order chi connectivity index (χ1) is 17.8. The molecular weight excluding hydrogens is 488 g/mol. The first-order valence-corrected chi connectivity index (χ1v) is 11.5. The molecule has 0 atom stereocenters. The van der Waals surface area contributed by atoms with Crippen LogP contribution in [0.1, 0.15) is 11.1 Å². The maximum absolute atomic E-state index is 9.10. The summed E-state index contributed by atoms with van der Waals surface area (Å²) < 4.78 is 32.9. The van der Waals surface area contributed by atoms with Crippen molar-refractivity contribution in [3.8, 4) is 34.5 Å². The van der Waals surface area contributed by atoms with Gasteiger partial charge in [-0.25, -0.2) is 9.59 Å². The molecule has 2 aromatic carbocycles. The van der Waals surface area contributed by atoms with E-state index in [4.69, 9.17) is 48.2 Å². The van der Waals surface area contributed by atoms with E-state index < -0.39 is 11.9 Å². The third-order valence-corrected chi connectivity index (χ3v) is 5.90. The number of hydrogen-bond donors (Lipinski definition) is 2. The van der Waals surface area contributed by atoms with E-state index in [-0.39, 0.29) is 6.79 Å². The molecule has 0 aliphatic carbocycles. The van der Waals surface area contributed by atoms with Crippen molar-refractivity contribution in [3.63, 3.8) is 0 Å². The zero-order chi connectivity index (χ0) is 26.9. The molecule has 0 bridgehead atoms. The maximum atomic E-state index is 9.10. The Balaban J connectivity index is 0.000000568. The number of carboxylic acids is 2. The molecule has 37 heavy (non-hydrogen) atoms. The third kappa shape index (κ3) is 7.08. The molecule has 0 saturated carbocycles. The lowest BCUT2D eigenvalue weighted by Gasteiger charge is -2.35. The SMILES string of the molecule is COc1cc(CN2CCN(Cc3cc(OC)c4c(c3)OCO4)CC2)cc(OC)c1OC.O=C(O)C(=O)O. The Morgan fingerprint density at radius 1 is 0.730 bits per heavy atom. The summed E-state index contributed by atoms with van der Waals surface area (Å²) in [5.41, 5.74) is 2.31. The second-order valence-electron chi connectivity index (χ2n) is 8.23. The number of fused-ring (bicyclic) bond motifs is 1. The highest BCUT2D eigenvalue weighted by molar-refractivity contribution is 6.27. The van der Waals surface area contributed by atoms with Gasteiger partial charge in [0.05, 0.1) is 28.4 Å². The Morgan fingerprint density at radius 3 is 1.62 bits per heavy atom. The molecule has 202 valence electrons. The van der Waals surface area contributed by atoms with Crippen molar-refractivity contribution in [2.45, 2.75) is 13.1 Å². The van der Waals surface area contributed by atoms with Gasteiger partial charge in [0.15, 0.2) is 23.0 Å². The zero-order valence-corrected chi connectivity index (χ0v) is 21.3. The van der Waals surface area contributed by atoms with Crippen molar-refractivity contribution in [1.82, 2.24) is 9.80 Å². The Kier molecular flexibility index (Phi) is 9.64. The number of carboxylic acid groups (broad SMARTS) is 2. The normalized spacial score (nSPS) is 14.8. The first-order valence-electron chi connectivity index (χ1n) is 11.5. The average molecular weight is 521 g/mol. The highest BCUT2D eigenvalue weighted by Gasteiger charge is 2.23. The standard InChI is InChI=1S/C23H30N2O6.C2H2O4/c1-26-18-9-16(10-19(27-2)22(18)29-4)13-24-5-7-25(8-6-24)14-17-11-20(28-3)23-21(12-17)30-15-31-23;3-1(4)2(5)6/h9-12H,5-8,13-15H2,1-4H3;(H,3,4)(H,5,6). The van der Waals surface area contributed by atoms with Gasteiger partial charge < -0.3 is 38.6 Å². The number of carbonyl (C=O) groups is 2. The van der Waals surface area contributed by atoms with Gasteiger partial charge in [-0.15, -0.1) is 0 Å². The van der Waals surface area contributed by atoms with E-state index in [2.05, 4.69) is 9.80 Å². The quantitative estimate of drug-likeness (QED) is 0.492. The van der Waals surface area contributed by atoms with Crippen LogP contribution in [0.2, 0.25) is 0 Å². The minimum Gasteiger partial charge on any atom is -0.493 e. The molecule has 0 radical (unpaired) electrons. The fraction of sp³-hybridized carbons (Fsp3) is 0.440. The van der Waals surface area contributed by atoms with E-state index in [1.54, 1.807) is 28.4 Å². The number of benzene rings is 2. The van der Waals surface area contributed by atoms with Crippen molar-refractivity contribution in [1.29, 1.82) is 0 Å². The van der Waals surface area contributed by atoms with E-state index in [0.29, 0.717) is 23.0 Å². The summed E-state index contributed by atoms with van der Waals surface area (Å²) in [6, 6.07) is 8.13. The summed E-state index contributed by atoms with van der Waals surface area (Å²) in [6.07, 6.45) is 0. The van der Waals surface area contributed by atoms with Crippen LogP contribution in [-0.4, -0.2) is 93.4 Å². The summed E-state index contributed by atoms with van der Waals surface area (Å²) in [5.74, 6) is 0.532. The number of piperazine rings is 1. The van der Waals surface area contributed by atoms with Crippen LogP contribution in [0.3, 0.4) is 0 Å². The van der Waals surface area contributed by atoms with Crippen molar-refractivity contribution in [3.05, 3.63) is 35.4 Å². The molecule has 0 amide bonds. The lowest BCUT2D eigenvalue weighted by atomic mass is 10.1. The summed E-state index contributed by atoms with van der Waals surface area (Å²) in [7, 11) is 6.56. The topological polar surface area (TPSA) is 136 Å². The van der Waals surface area contributed by atoms with Gasteiger partial charge in [0.1, 0.15) is 0 Å². The van der Waals surface area contributed by atoms with Gasteiger partial charge in [0, 0.05) is 39.3 Å². The second-order valence-corrected chi connectivity index (χ2v) is 8.23. The second kappa shape index (κ2) is 12.9. The zero-order valence-electron chi connectivity index (χ0n) is 21.3. The predicted molar refractivity (Wildman–Crippen MR) is 131 cm³/mol. The maximum Gasteiger partial charge on any atom is 0.414 e. The summed E-state index contributed by atoms with van der Waals surface area (Å²) in [4.78, 5) is 23.1. The molecule has 4 rings (SSSR count). The molecule has 2 heterocycles. The van der Waals surface area contributed by atoms with Gasteiger partial charge >= 0.3 is 11.9 Å². The van der Waals surface area contributed by atoms with Crippen molar-refractivity contribution < 1.29 is 48.2 Å². The molecule has 2 aromatic rings. The van der Waals surface area contributed by atoms with E-state index in [0.717, 1.165) is 56.3 Å². The fourth-order valence-electron chi connectivity index (χ4n) is 4.12. The summed E-state index contributed by atoms with van der Waals surface area (Å²) in [6.45, 7) is 5.88. The fourth-order valence-corrected chi connectivity index (χ4v) is 4.12. The van der Waals surface area contributed by atoms with Crippen molar-refractivity contribution in [2.24, 2.45) is 0 Å². The van der Waals surface area contributed by atoms with Crippen LogP contribution >= 0.6 is 0 Å². The molecule has 1 saturated heterocycles. The van der Waals surface area contributed by atoms with Crippen LogP contribution < -0.4 is 28.4 Å². The molecular formula is C25H32N2O10. The molecule has 2 N–H and O–H groups in total. The van der Waals surface area contributed by atoms with Crippen LogP contribution in [0.25, 0.3) is 0 Å². The smallest absolute Gasteiger partial charge is 0.414 e. The number of nitrogens with zero attached hydrogens (tertiary/aromatic N) is 2. The molecule has 0 unspecified atom stereocenters. The van der Waals surface area contributed by atoms with Gasteiger partial charge in [0.2, 0.25) is 18.3 Å². The van der Waals surface area contributed by atoms with Crippen LogP contribution in [-0.2, 0) is 22.7 Å². The lowest BCUT2D eigenvalue weighted by molar-refractivity contribution is -0.159. The molecule has 12 heteroatoms. The van der Waals surface area contributed by atoms with Crippen LogP contribution in [0.5, 0.6) is 34.5 Å². The molecule has 0 aromatic heterocycles. The molecule has 12 nitrogen and oxygen atoms in total. The molecule has 1 fully saturated rings. The highest BCUT2D eigenvalue weighted by atomic mass is 16.7. The minimum atomic E-state index is -1.82. The van der Waals surface area contributed by atoms with Crippen LogP contribution in [0.15, 0.2) is 24.3 Å². The van der Waals surface area contributed by atoms with Crippen molar-refractivity contribution >= 4 is 11.9 Å². The third-order valence-electron chi connectivity index (χ3n) is 5.90. The predicted octanol–water partition coefficient (Wildman–Crippen LogP) is 1.92. The Morgan fingerprint density at radius 2 is 1.19 bits per heavy atom. The number of ether oxygens (including phenoxy) is 6. The van der Waals surface area contributed by atoms with Gasteiger partial charge in [0.25, 0.3) is 0 Å². The largest absolute Gasteiger partial charge is 0.493 e. The van der Waals surface area contributed by atoms with E-state index in [9.17, 15) is 0 Å². The van der Waals surface area contributed by atoms with Gasteiger partial charge in [-0.3, -0.25) is 9.80 Å². The molecule has 2 aliphatic rings. The Hall–Kier alpha value is -3.90. The van der Waals surface area contributed by atoms with Gasteiger partial charge in [-0.2, -0.15) is 0 Å². The summed E-state index contributed by atoms with van der Waals surface area (Å²) >= 11 is 0. The van der Waals surface area contributed by atoms with Crippen LogP contribution in [0, 0.1) is 0 Å². The lowest BCUT2D eigenvalue weighted by Crippen LogP contribution is -2.45. The highest BCUT2D eigenvalue weighted by Crippen LogP contribution is 2.42. The van der Waals surface area contributed by atoms with Crippen molar-refractivity contribution in [2.75, 3.05) is 61.4 Å². The average Bonchev–Trinajstić information content (AvgIpc) is 3.37. The van der Waals surface area contributed by atoms with Crippen LogP contribution in [0.4, 0.5) is 0 Å². The number of aliphatic carboxylic acids is 2. The Labute approximate surface area is 214 Å². The number of rotatable bonds is 8. The van der Waals surface area contributed by atoms with E-state index in [1.807, 2.05) is 24.3 Å². The number of methoxy groups -OCH3 is 4. The van der Waals surface area contributed by atoms with E-state index in [1.165, 1.54) is 5.56 Å². The van der Waals surface area contributed by atoms with E-state index >= 15 is 0 Å². The minimum absolute atomic E-state index is 0.245. The number of hydrogen-bond acceptors (Lipinski definition) is 10. The van der Waals surface area contributed by atoms with Gasteiger partial charge in [-0.1, -0.05) is 0 Å². The monoisotopic (exact) mass is 520 g/mol. The molecule has 0 spiro atoms. The Bertz CT molecular complexity index is 1060. The molecule has 2 aliphatic heterocycles. The summed E-state index contributed by atoms with van der Waals surface area (Å²) in [5, 5.41) is 14.8. The first kappa shape index (κ1) is 27.7. The van der Waals surface area contributed by atoms with Gasteiger partial charge in [-0.05, 0) is 35.4 Å².